The number of halogens is 6. The predicted octanol–water partition coefficient (Wildman–Crippen LogP) is 6.03. The van der Waals surface area contributed by atoms with Crippen LogP contribution in [0.25, 0.3) is 32.2 Å². The van der Waals surface area contributed by atoms with E-state index in [1.165, 1.54) is 0 Å². The molecule has 232 valence electrons. The van der Waals surface area contributed by atoms with Gasteiger partial charge in [0, 0.05) is 23.9 Å². The van der Waals surface area contributed by atoms with Crippen LogP contribution in [-0.2, 0) is 18.0 Å². The summed E-state index contributed by atoms with van der Waals surface area (Å²) >= 11 is 0.894. The van der Waals surface area contributed by atoms with E-state index in [-0.39, 0.29) is 81.3 Å². The lowest BCUT2D eigenvalue weighted by Crippen LogP contribution is -2.43. The number of fused-ring (bicyclic) bond motifs is 5. The van der Waals surface area contributed by atoms with Gasteiger partial charge < -0.3 is 19.9 Å². The Balaban J connectivity index is 1.42. The normalized spacial score (nSPS) is 21.7. The van der Waals surface area contributed by atoms with E-state index in [1.54, 1.807) is 0 Å². The van der Waals surface area contributed by atoms with E-state index in [0.717, 1.165) is 24.0 Å². The molecule has 16 heteroatoms. The first-order chi connectivity index (χ1) is 21.0. The summed E-state index contributed by atoms with van der Waals surface area (Å²) in [5, 5.41) is 0.142. The molecule has 3 aromatic heterocycles. The van der Waals surface area contributed by atoms with E-state index >= 15 is 4.39 Å². The summed E-state index contributed by atoms with van der Waals surface area (Å²) in [7, 11) is 0. The number of nitrogens with zero attached hydrogens (tertiary/aromatic N) is 5. The van der Waals surface area contributed by atoms with Crippen LogP contribution in [0.1, 0.15) is 30.4 Å². The SMILES string of the molecule is C=Nc1c(N)sc2c(F)cnc(-c3c4c(c5c(OCC(F)(F)F)nc(OC[C@@]67CCCN6C[C@H](F)C7)nc5c3F)COC4)c12. The average Bonchev–Trinajstić information content (AvgIpc) is 3.73. The van der Waals surface area contributed by atoms with Crippen LogP contribution in [0.4, 0.5) is 37.0 Å². The Kier molecular flexibility index (Phi) is 6.86. The number of hydrogen-bond donors (Lipinski definition) is 1. The lowest BCUT2D eigenvalue weighted by molar-refractivity contribution is -0.153. The van der Waals surface area contributed by atoms with Crippen molar-refractivity contribution in [3.63, 3.8) is 0 Å². The zero-order valence-electron chi connectivity index (χ0n) is 22.9. The van der Waals surface area contributed by atoms with Crippen molar-refractivity contribution in [2.24, 2.45) is 4.99 Å². The van der Waals surface area contributed by atoms with Crippen LogP contribution in [0.5, 0.6) is 11.9 Å². The first kappa shape index (κ1) is 29.0. The van der Waals surface area contributed by atoms with Crippen molar-refractivity contribution >= 4 is 49.7 Å². The second-order valence-electron chi connectivity index (χ2n) is 11.1. The number of aliphatic imine (C=N–C) groups is 1. The number of benzene rings is 1. The van der Waals surface area contributed by atoms with E-state index in [0.29, 0.717) is 13.0 Å². The molecule has 2 saturated heterocycles. The number of nitrogens with two attached hydrogens (primary N) is 1. The second-order valence-corrected chi connectivity index (χ2v) is 12.1. The zero-order chi connectivity index (χ0) is 31.0. The number of thiophene rings is 1. The molecule has 0 bridgehead atoms. The van der Waals surface area contributed by atoms with Crippen LogP contribution in [0.3, 0.4) is 0 Å². The van der Waals surface area contributed by atoms with Crippen LogP contribution in [0.15, 0.2) is 11.2 Å². The van der Waals surface area contributed by atoms with E-state index in [4.69, 9.17) is 19.9 Å². The molecular weight excluding hydrogens is 614 g/mol. The third-order valence-electron chi connectivity index (χ3n) is 8.41. The number of pyridine rings is 1. The molecule has 9 nitrogen and oxygen atoms in total. The largest absolute Gasteiger partial charge is 0.467 e. The molecule has 2 atom stereocenters. The maximum Gasteiger partial charge on any atom is 0.422 e. The van der Waals surface area contributed by atoms with E-state index < -0.39 is 53.5 Å². The van der Waals surface area contributed by atoms with E-state index in [9.17, 15) is 22.0 Å². The summed E-state index contributed by atoms with van der Waals surface area (Å²) < 4.78 is 102. The Labute approximate surface area is 249 Å². The fourth-order valence-corrected chi connectivity index (χ4v) is 7.54. The van der Waals surface area contributed by atoms with Crippen LogP contribution >= 0.6 is 11.3 Å². The number of hydrogen-bond acceptors (Lipinski definition) is 10. The van der Waals surface area contributed by atoms with Crippen molar-refractivity contribution in [3.05, 3.63) is 29.0 Å². The monoisotopic (exact) mass is 638 g/mol. The summed E-state index contributed by atoms with van der Waals surface area (Å²) in [5.41, 5.74) is 5.55. The van der Waals surface area contributed by atoms with Gasteiger partial charge in [0.25, 0.3) is 0 Å². The molecule has 4 aromatic rings. The first-order valence-electron chi connectivity index (χ1n) is 13.7. The molecule has 3 aliphatic rings. The van der Waals surface area contributed by atoms with Crippen molar-refractivity contribution < 1.29 is 40.6 Å². The van der Waals surface area contributed by atoms with Crippen LogP contribution in [-0.4, -0.2) is 70.8 Å². The average molecular weight is 639 g/mol. The van der Waals surface area contributed by atoms with Gasteiger partial charge in [-0.15, -0.1) is 11.3 Å². The molecule has 0 spiro atoms. The maximum absolute atomic E-state index is 16.8. The Morgan fingerprint density at radius 3 is 2.75 bits per heavy atom. The summed E-state index contributed by atoms with van der Waals surface area (Å²) in [6.45, 7) is 2.42. The van der Waals surface area contributed by atoms with Gasteiger partial charge in [-0.25, -0.2) is 13.2 Å². The zero-order valence-corrected chi connectivity index (χ0v) is 23.8. The number of rotatable bonds is 7. The van der Waals surface area contributed by atoms with E-state index in [1.807, 2.05) is 4.90 Å². The quantitative estimate of drug-likeness (QED) is 0.193. The molecule has 0 aliphatic carbocycles. The summed E-state index contributed by atoms with van der Waals surface area (Å²) in [6, 6.07) is -0.438. The molecule has 2 fully saturated rings. The van der Waals surface area contributed by atoms with Gasteiger partial charge in [0.15, 0.2) is 18.2 Å². The van der Waals surface area contributed by atoms with Gasteiger partial charge in [-0.3, -0.25) is 14.9 Å². The molecule has 3 aliphatic heterocycles. The molecule has 7 rings (SSSR count). The topological polar surface area (TPSA) is 108 Å². The number of nitrogen functional groups attached to an aromatic ring is 1. The van der Waals surface area contributed by atoms with Crippen molar-refractivity contribution in [1.82, 2.24) is 19.9 Å². The lowest BCUT2D eigenvalue weighted by atomic mass is 9.94. The minimum absolute atomic E-state index is 0.0165. The number of alkyl halides is 4. The highest BCUT2D eigenvalue weighted by Crippen LogP contribution is 2.49. The highest BCUT2D eigenvalue weighted by molar-refractivity contribution is 7.23. The molecule has 6 heterocycles. The molecule has 0 radical (unpaired) electrons. The van der Waals surface area contributed by atoms with Crippen molar-refractivity contribution in [2.75, 3.05) is 32.0 Å². The second kappa shape index (κ2) is 10.4. The van der Waals surface area contributed by atoms with Gasteiger partial charge in [-0.1, -0.05) is 0 Å². The third-order valence-corrected chi connectivity index (χ3v) is 9.43. The number of anilines is 1. The number of aromatic nitrogens is 3. The lowest BCUT2D eigenvalue weighted by Gasteiger charge is -2.30. The third kappa shape index (κ3) is 4.61. The van der Waals surface area contributed by atoms with Gasteiger partial charge in [0.05, 0.1) is 40.7 Å². The standard InChI is InChI=1S/C28H24F6N6O3S/c1-36-22-18-20(37-6-15(30)23(18)44-24(22)35)16-13-8-41-9-14(13)17-21(19(16)31)38-26(39-25(17)42-11-28(32,33)34)43-10-27-3-2-4-40(27)7-12(29)5-27/h6,12H,1-5,7-11,35H2/t12-,27+/m1/s1. The number of ether oxygens (including phenoxy) is 3. The molecule has 2 N–H and O–H groups in total. The smallest absolute Gasteiger partial charge is 0.422 e. The molecule has 1 aromatic carbocycles. The highest BCUT2D eigenvalue weighted by atomic mass is 32.1. The minimum Gasteiger partial charge on any atom is -0.467 e. The van der Waals surface area contributed by atoms with Gasteiger partial charge in [0.2, 0.25) is 5.88 Å². The fourth-order valence-electron chi connectivity index (χ4n) is 6.61. The van der Waals surface area contributed by atoms with Crippen LogP contribution in [0, 0.1) is 11.6 Å². The molecule has 0 unspecified atom stereocenters. The highest BCUT2D eigenvalue weighted by Gasteiger charge is 2.49. The van der Waals surface area contributed by atoms with Gasteiger partial charge >= 0.3 is 12.2 Å². The maximum atomic E-state index is 16.8. The van der Waals surface area contributed by atoms with Gasteiger partial charge in [-0.05, 0) is 37.2 Å². The fraction of sp³-hybridized carbons (Fsp3) is 0.429. The minimum atomic E-state index is -4.73. The Bertz CT molecular complexity index is 1830. The summed E-state index contributed by atoms with van der Waals surface area (Å²) in [6.07, 6.45) is -3.16. The summed E-state index contributed by atoms with van der Waals surface area (Å²) in [4.78, 5) is 18.5. The van der Waals surface area contributed by atoms with Crippen LogP contribution < -0.4 is 15.2 Å². The Hall–Kier alpha value is -3.76. The Morgan fingerprint density at radius 2 is 1.98 bits per heavy atom. The summed E-state index contributed by atoms with van der Waals surface area (Å²) in [5.74, 6) is -2.23. The van der Waals surface area contributed by atoms with Crippen LogP contribution in [0.2, 0.25) is 0 Å². The van der Waals surface area contributed by atoms with Crippen molar-refractivity contribution in [1.29, 1.82) is 0 Å². The predicted molar refractivity (Wildman–Crippen MR) is 150 cm³/mol. The van der Waals surface area contributed by atoms with Crippen molar-refractivity contribution in [3.8, 4) is 23.1 Å². The first-order valence-corrected chi connectivity index (χ1v) is 14.5. The molecular formula is C28H24F6N6O3S. The van der Waals surface area contributed by atoms with Crippen molar-refractivity contribution in [2.45, 2.75) is 50.4 Å². The molecule has 0 saturated carbocycles. The Morgan fingerprint density at radius 1 is 1.18 bits per heavy atom. The van der Waals surface area contributed by atoms with Gasteiger partial charge in [-0.2, -0.15) is 23.1 Å². The molecule has 0 amide bonds. The van der Waals surface area contributed by atoms with E-state index in [2.05, 4.69) is 26.7 Å². The van der Waals surface area contributed by atoms with Gasteiger partial charge in [0.1, 0.15) is 29.0 Å². The molecule has 44 heavy (non-hydrogen) atoms.